The average molecular weight is 480 g/mol. The molecule has 0 bridgehead atoms. The van der Waals surface area contributed by atoms with E-state index in [-0.39, 0.29) is 1.43 Å². The van der Waals surface area contributed by atoms with Crippen LogP contribution < -0.4 is 4.74 Å². The van der Waals surface area contributed by atoms with Gasteiger partial charge in [-0.2, -0.15) is 0 Å². The van der Waals surface area contributed by atoms with Crippen LogP contribution >= 0.6 is 0 Å². The van der Waals surface area contributed by atoms with Crippen molar-refractivity contribution in [1.29, 1.82) is 0 Å². The molecule has 0 atom stereocenters. The Labute approximate surface area is 204 Å². The summed E-state index contributed by atoms with van der Waals surface area (Å²) in [4.78, 5) is 11.5. The summed E-state index contributed by atoms with van der Waals surface area (Å²) in [6, 6.07) is 14.4. The van der Waals surface area contributed by atoms with Gasteiger partial charge in [-0.05, 0) is 77.5 Å². The summed E-state index contributed by atoms with van der Waals surface area (Å²) < 4.78 is 30.6. The van der Waals surface area contributed by atoms with Crippen molar-refractivity contribution in [3.05, 3.63) is 71.7 Å². The van der Waals surface area contributed by atoms with Crippen LogP contribution in [0.1, 0.15) is 38.6 Å². The number of nitrogens with zero attached hydrogens (tertiary/aromatic N) is 3. The maximum absolute atomic E-state index is 12.4. The van der Waals surface area contributed by atoms with Gasteiger partial charge in [-0.15, -0.1) is 0 Å². The zero-order chi connectivity index (χ0) is 24.7. The molecule has 0 N–H and O–H groups in total. The molecule has 0 aliphatic rings. The summed E-state index contributed by atoms with van der Waals surface area (Å²) in [6.07, 6.45) is 2.63. The van der Waals surface area contributed by atoms with Crippen molar-refractivity contribution in [2.24, 2.45) is 0 Å². The molecule has 0 radical (unpaired) electrons. The highest BCUT2D eigenvalue weighted by Crippen LogP contribution is 2.22. The molecule has 0 saturated carbocycles. The van der Waals surface area contributed by atoms with Crippen molar-refractivity contribution < 1.29 is 14.6 Å². The molecule has 3 aromatic rings. The molecule has 34 heavy (non-hydrogen) atoms. The molecule has 0 saturated heterocycles. The van der Waals surface area contributed by atoms with E-state index in [1.165, 1.54) is 0 Å². The highest BCUT2D eigenvalue weighted by molar-refractivity contribution is 7.92. The van der Waals surface area contributed by atoms with E-state index in [9.17, 15) is 8.42 Å². The number of sulfone groups is 1. The van der Waals surface area contributed by atoms with Crippen molar-refractivity contribution in [2.75, 3.05) is 27.2 Å². The second kappa shape index (κ2) is 11.3. The first-order valence-corrected chi connectivity index (χ1v) is 12.8. The van der Waals surface area contributed by atoms with E-state index in [4.69, 9.17) is 4.74 Å². The lowest BCUT2D eigenvalue weighted by Gasteiger charge is -2.10. The minimum Gasteiger partial charge on any atom is -0.494 e. The Morgan fingerprint density at radius 3 is 2.50 bits per heavy atom. The van der Waals surface area contributed by atoms with Crippen LogP contribution in [-0.2, 0) is 9.84 Å². The van der Waals surface area contributed by atoms with Crippen LogP contribution in [0.3, 0.4) is 0 Å². The first-order valence-electron chi connectivity index (χ1n) is 11.2. The fraction of sp³-hybridized carbons (Fsp3) is 0.333. The highest BCUT2D eigenvalue weighted by Gasteiger charge is 2.19. The van der Waals surface area contributed by atoms with Gasteiger partial charge in [-0.25, -0.2) is 13.4 Å². The molecule has 0 spiro atoms. The highest BCUT2D eigenvalue weighted by atomic mass is 32.2. The van der Waals surface area contributed by atoms with Crippen LogP contribution in [0.15, 0.2) is 59.6 Å². The fourth-order valence-electron chi connectivity index (χ4n) is 3.16. The van der Waals surface area contributed by atoms with Gasteiger partial charge in [0, 0.05) is 19.1 Å². The SMILES string of the molecule is Cc1ncc(-c2ccc(S(=O)(=O)C(C)C)cc2)nc1C#Cc1cccc(OCCCN(C)C)c1.[HH]. The number of hydrogen-bond donors (Lipinski definition) is 0. The summed E-state index contributed by atoms with van der Waals surface area (Å²) in [7, 11) is 0.772. The Kier molecular flexibility index (Phi) is 8.43. The minimum absolute atomic E-state index is 0. The van der Waals surface area contributed by atoms with Crippen molar-refractivity contribution in [1.82, 2.24) is 14.9 Å². The average Bonchev–Trinajstić information content (AvgIpc) is 2.81. The van der Waals surface area contributed by atoms with E-state index in [0.717, 1.165) is 35.5 Å². The molecule has 7 heteroatoms. The molecule has 0 aliphatic heterocycles. The quantitative estimate of drug-likeness (QED) is 0.347. The van der Waals surface area contributed by atoms with Crippen molar-refractivity contribution >= 4 is 9.84 Å². The monoisotopic (exact) mass is 479 g/mol. The first kappa shape index (κ1) is 25.4. The van der Waals surface area contributed by atoms with Crippen LogP contribution in [0.5, 0.6) is 5.75 Å². The third kappa shape index (κ3) is 6.66. The maximum Gasteiger partial charge on any atom is 0.180 e. The normalized spacial score (nSPS) is 11.4. The summed E-state index contributed by atoms with van der Waals surface area (Å²) in [5.41, 5.74) is 3.56. The third-order valence-electron chi connectivity index (χ3n) is 5.23. The van der Waals surface area contributed by atoms with E-state index in [1.807, 2.05) is 45.3 Å². The molecule has 1 aromatic heterocycles. The predicted molar refractivity (Wildman–Crippen MR) is 138 cm³/mol. The Morgan fingerprint density at radius 1 is 1.09 bits per heavy atom. The van der Waals surface area contributed by atoms with E-state index < -0.39 is 15.1 Å². The topological polar surface area (TPSA) is 72.4 Å². The Bertz CT molecular complexity index is 1300. The number of aromatic nitrogens is 2. The van der Waals surface area contributed by atoms with Crippen molar-refractivity contribution in [3.8, 4) is 28.8 Å². The molecule has 0 amide bonds. The molecule has 3 rings (SSSR count). The minimum atomic E-state index is -3.32. The number of hydrogen-bond acceptors (Lipinski definition) is 6. The molecule has 180 valence electrons. The lowest BCUT2D eigenvalue weighted by molar-refractivity contribution is 0.281. The predicted octanol–water partition coefficient (Wildman–Crippen LogP) is 4.61. The molecular formula is C27H33N3O3S. The summed E-state index contributed by atoms with van der Waals surface area (Å²) in [5.74, 6) is 7.06. The van der Waals surface area contributed by atoms with E-state index in [2.05, 4.69) is 26.7 Å². The van der Waals surface area contributed by atoms with Gasteiger partial charge in [-0.1, -0.05) is 24.1 Å². The lowest BCUT2D eigenvalue weighted by Crippen LogP contribution is -2.15. The van der Waals surface area contributed by atoms with Gasteiger partial charge in [0.2, 0.25) is 0 Å². The molecule has 1 heterocycles. The third-order valence-corrected chi connectivity index (χ3v) is 7.40. The zero-order valence-electron chi connectivity index (χ0n) is 20.4. The lowest BCUT2D eigenvalue weighted by atomic mass is 10.1. The summed E-state index contributed by atoms with van der Waals surface area (Å²) >= 11 is 0. The maximum atomic E-state index is 12.4. The fourth-order valence-corrected chi connectivity index (χ4v) is 4.22. The standard InChI is InChI=1S/C27H31N3O3S.H2/c1-20(2)34(31,32)25-13-11-23(12-14-25)27-19-28-21(3)26(29-27)15-10-22-8-6-9-24(18-22)33-17-7-16-30(4)5;/h6,8-9,11-14,18-20H,7,16-17H2,1-5H3;1H. The second-order valence-electron chi connectivity index (χ2n) is 8.59. The Hall–Kier alpha value is -3.21. The molecule has 2 aromatic carbocycles. The number of ether oxygens (including phenoxy) is 1. The van der Waals surface area contributed by atoms with Gasteiger partial charge < -0.3 is 9.64 Å². The van der Waals surface area contributed by atoms with Crippen LogP contribution in [0.4, 0.5) is 0 Å². The van der Waals surface area contributed by atoms with Gasteiger partial charge in [0.25, 0.3) is 0 Å². The van der Waals surface area contributed by atoms with E-state index >= 15 is 0 Å². The number of aryl methyl sites for hydroxylation is 1. The largest absolute Gasteiger partial charge is 0.494 e. The molecular weight excluding hydrogens is 446 g/mol. The second-order valence-corrected chi connectivity index (χ2v) is 11.1. The smallest absolute Gasteiger partial charge is 0.180 e. The molecule has 0 unspecified atom stereocenters. The van der Waals surface area contributed by atoms with E-state index in [1.54, 1.807) is 44.3 Å². The molecule has 6 nitrogen and oxygen atoms in total. The number of benzene rings is 2. The summed E-state index contributed by atoms with van der Waals surface area (Å²) in [5, 5.41) is -0.471. The van der Waals surface area contributed by atoms with Crippen molar-refractivity contribution in [3.63, 3.8) is 0 Å². The number of rotatable bonds is 8. The van der Waals surface area contributed by atoms with Crippen LogP contribution in [0, 0.1) is 18.8 Å². The molecule has 0 aliphatic carbocycles. The van der Waals surface area contributed by atoms with Crippen LogP contribution in [0.25, 0.3) is 11.3 Å². The van der Waals surface area contributed by atoms with Gasteiger partial charge in [-0.3, -0.25) is 4.98 Å². The van der Waals surface area contributed by atoms with Gasteiger partial charge in [0.15, 0.2) is 9.84 Å². The van der Waals surface area contributed by atoms with Crippen LogP contribution in [-0.4, -0.2) is 55.8 Å². The first-order chi connectivity index (χ1) is 16.2. The Balaban J connectivity index is 0.00000432. The molecule has 0 fully saturated rings. The van der Waals surface area contributed by atoms with Gasteiger partial charge >= 0.3 is 0 Å². The van der Waals surface area contributed by atoms with Crippen molar-refractivity contribution in [2.45, 2.75) is 37.3 Å². The van der Waals surface area contributed by atoms with Crippen LogP contribution in [0.2, 0.25) is 0 Å². The van der Waals surface area contributed by atoms with Gasteiger partial charge in [0.05, 0.1) is 34.3 Å². The van der Waals surface area contributed by atoms with Gasteiger partial charge in [0.1, 0.15) is 11.4 Å². The van der Waals surface area contributed by atoms with E-state index in [0.29, 0.717) is 22.9 Å². The zero-order valence-corrected chi connectivity index (χ0v) is 21.2. The summed E-state index contributed by atoms with van der Waals surface area (Å²) in [6.45, 7) is 6.84. The Morgan fingerprint density at radius 2 is 1.82 bits per heavy atom.